The molecule has 0 atom stereocenters. The molecule has 0 unspecified atom stereocenters. The number of aryl methyl sites for hydroxylation is 1. The highest BCUT2D eigenvalue weighted by molar-refractivity contribution is 7.89. The fraction of sp³-hybridized carbons (Fsp3) is 0.667. The number of sulfonamides is 1. The van der Waals surface area contributed by atoms with E-state index in [1.807, 2.05) is 0 Å². The van der Waals surface area contributed by atoms with Crippen molar-refractivity contribution in [1.82, 2.24) is 24.6 Å². The van der Waals surface area contributed by atoms with Gasteiger partial charge in [-0.15, -0.1) is 5.10 Å². The monoisotopic (exact) mass is 433 g/mol. The first-order chi connectivity index (χ1) is 14.5. The summed E-state index contributed by atoms with van der Waals surface area (Å²) in [6, 6.07) is 5.25. The van der Waals surface area contributed by atoms with E-state index in [4.69, 9.17) is 0 Å². The van der Waals surface area contributed by atoms with Crippen LogP contribution in [0.5, 0.6) is 0 Å². The SMILES string of the molecule is O=C(CCn1nnc2cc(S(=O)(=O)N3CCCCC3)ccc21)NC1CCCCCC1. The molecule has 1 amide bonds. The first-order valence-electron chi connectivity index (χ1n) is 11.2. The van der Waals surface area contributed by atoms with Crippen molar-refractivity contribution in [2.24, 2.45) is 0 Å². The van der Waals surface area contributed by atoms with Gasteiger partial charge in [0.1, 0.15) is 5.52 Å². The van der Waals surface area contributed by atoms with Gasteiger partial charge in [0.15, 0.2) is 0 Å². The molecule has 1 aromatic heterocycles. The number of amides is 1. The van der Waals surface area contributed by atoms with Crippen LogP contribution >= 0.6 is 0 Å². The summed E-state index contributed by atoms with van der Waals surface area (Å²) in [5.74, 6) is 0.0369. The Bertz CT molecular complexity index is 974. The van der Waals surface area contributed by atoms with Gasteiger partial charge in [-0.2, -0.15) is 4.31 Å². The molecule has 164 valence electrons. The summed E-state index contributed by atoms with van der Waals surface area (Å²) in [6.07, 6.45) is 10.2. The first-order valence-corrected chi connectivity index (χ1v) is 12.6. The van der Waals surface area contributed by atoms with Crippen LogP contribution in [0.15, 0.2) is 23.1 Å². The number of carbonyl (C=O) groups excluding carboxylic acids is 1. The normalized spacial score (nSPS) is 19.6. The van der Waals surface area contributed by atoms with E-state index in [9.17, 15) is 13.2 Å². The maximum Gasteiger partial charge on any atom is 0.243 e. The van der Waals surface area contributed by atoms with Crippen molar-refractivity contribution in [3.63, 3.8) is 0 Å². The van der Waals surface area contributed by atoms with E-state index < -0.39 is 10.0 Å². The van der Waals surface area contributed by atoms with E-state index >= 15 is 0 Å². The number of piperidine rings is 1. The Labute approximate surface area is 178 Å². The molecule has 1 saturated carbocycles. The maximum absolute atomic E-state index is 12.9. The number of hydrogen-bond acceptors (Lipinski definition) is 5. The Morgan fingerprint density at radius 1 is 1.03 bits per heavy atom. The lowest BCUT2D eigenvalue weighted by atomic mass is 10.1. The van der Waals surface area contributed by atoms with Crippen molar-refractivity contribution in [2.45, 2.75) is 81.7 Å². The summed E-state index contributed by atoms with van der Waals surface area (Å²) < 4.78 is 29.0. The van der Waals surface area contributed by atoms with Gasteiger partial charge in [0.2, 0.25) is 15.9 Å². The third-order valence-corrected chi connectivity index (χ3v) is 8.10. The van der Waals surface area contributed by atoms with Crippen LogP contribution < -0.4 is 5.32 Å². The molecule has 30 heavy (non-hydrogen) atoms. The molecule has 2 heterocycles. The molecule has 4 rings (SSSR count). The van der Waals surface area contributed by atoms with Gasteiger partial charge >= 0.3 is 0 Å². The van der Waals surface area contributed by atoms with Crippen molar-refractivity contribution in [3.05, 3.63) is 18.2 Å². The molecule has 0 spiro atoms. The third kappa shape index (κ3) is 4.83. The average Bonchev–Trinajstić information content (AvgIpc) is 2.99. The van der Waals surface area contributed by atoms with Crippen LogP contribution in [0.4, 0.5) is 0 Å². The van der Waals surface area contributed by atoms with Gasteiger partial charge in [0.05, 0.1) is 17.0 Å². The molecular weight excluding hydrogens is 402 g/mol. The molecule has 1 N–H and O–H groups in total. The predicted molar refractivity (Wildman–Crippen MR) is 114 cm³/mol. The molecule has 9 heteroatoms. The largest absolute Gasteiger partial charge is 0.353 e. The fourth-order valence-corrected chi connectivity index (χ4v) is 6.00. The minimum atomic E-state index is -3.50. The van der Waals surface area contributed by atoms with Gasteiger partial charge < -0.3 is 5.32 Å². The van der Waals surface area contributed by atoms with Crippen molar-refractivity contribution < 1.29 is 13.2 Å². The number of carbonyl (C=O) groups is 1. The van der Waals surface area contributed by atoms with Gasteiger partial charge in [-0.05, 0) is 43.9 Å². The van der Waals surface area contributed by atoms with Gasteiger partial charge in [-0.25, -0.2) is 13.1 Å². The molecular formula is C21H31N5O3S. The Morgan fingerprint density at radius 2 is 1.73 bits per heavy atom. The molecule has 1 aliphatic heterocycles. The van der Waals surface area contributed by atoms with Crippen molar-refractivity contribution >= 4 is 27.0 Å². The van der Waals surface area contributed by atoms with Crippen LogP contribution in [0.2, 0.25) is 0 Å². The topological polar surface area (TPSA) is 97.2 Å². The second kappa shape index (κ2) is 9.43. The number of nitrogens with zero attached hydrogens (tertiary/aromatic N) is 4. The number of fused-ring (bicyclic) bond motifs is 1. The van der Waals surface area contributed by atoms with Crippen LogP contribution in [-0.2, 0) is 21.4 Å². The van der Waals surface area contributed by atoms with E-state index in [0.717, 1.165) is 37.6 Å². The van der Waals surface area contributed by atoms with Gasteiger partial charge in [-0.3, -0.25) is 4.79 Å². The molecule has 2 aromatic rings. The highest BCUT2D eigenvalue weighted by Crippen LogP contribution is 2.23. The standard InChI is InChI=1S/C21H31N5O3S/c27-21(22-17-8-4-1-2-5-9-17)12-15-26-20-11-10-18(16-19(20)23-24-26)30(28,29)25-13-6-3-7-14-25/h10-11,16-17H,1-9,12-15H2,(H,22,27). The second-order valence-electron chi connectivity index (χ2n) is 8.43. The first kappa shape index (κ1) is 21.2. The Morgan fingerprint density at radius 3 is 2.47 bits per heavy atom. The number of aromatic nitrogens is 3. The average molecular weight is 434 g/mol. The van der Waals surface area contributed by atoms with E-state index in [-0.39, 0.29) is 16.8 Å². The quantitative estimate of drug-likeness (QED) is 0.707. The van der Waals surface area contributed by atoms with E-state index in [1.165, 1.54) is 25.7 Å². The highest BCUT2D eigenvalue weighted by atomic mass is 32.2. The lowest BCUT2D eigenvalue weighted by molar-refractivity contribution is -0.122. The number of benzene rings is 1. The zero-order valence-corrected chi connectivity index (χ0v) is 18.2. The van der Waals surface area contributed by atoms with E-state index in [0.29, 0.717) is 31.6 Å². The van der Waals surface area contributed by atoms with Crippen molar-refractivity contribution in [3.8, 4) is 0 Å². The van der Waals surface area contributed by atoms with Gasteiger partial charge in [0, 0.05) is 25.6 Å². The molecule has 0 bridgehead atoms. The van der Waals surface area contributed by atoms with Crippen LogP contribution in [0, 0.1) is 0 Å². The molecule has 8 nitrogen and oxygen atoms in total. The van der Waals surface area contributed by atoms with Crippen LogP contribution in [-0.4, -0.2) is 52.8 Å². The Balaban J connectivity index is 1.40. The van der Waals surface area contributed by atoms with E-state index in [1.54, 1.807) is 27.2 Å². The van der Waals surface area contributed by atoms with E-state index in [2.05, 4.69) is 15.6 Å². The number of nitrogens with one attached hydrogen (secondary N) is 1. The summed E-state index contributed by atoms with van der Waals surface area (Å²) in [7, 11) is -3.50. The zero-order chi connectivity index (χ0) is 21.0. The molecule has 2 fully saturated rings. The highest BCUT2D eigenvalue weighted by Gasteiger charge is 2.26. The van der Waals surface area contributed by atoms with Gasteiger partial charge in [-0.1, -0.05) is 37.3 Å². The lowest BCUT2D eigenvalue weighted by Crippen LogP contribution is -2.35. The van der Waals surface area contributed by atoms with Crippen LogP contribution in [0.25, 0.3) is 11.0 Å². The Hall–Kier alpha value is -2.00. The molecule has 1 saturated heterocycles. The smallest absolute Gasteiger partial charge is 0.243 e. The van der Waals surface area contributed by atoms with Crippen molar-refractivity contribution in [1.29, 1.82) is 0 Å². The zero-order valence-electron chi connectivity index (χ0n) is 17.4. The molecule has 1 aromatic carbocycles. The predicted octanol–water partition coefficient (Wildman–Crippen LogP) is 2.83. The molecule has 0 radical (unpaired) electrons. The number of rotatable bonds is 6. The summed E-state index contributed by atoms with van der Waals surface area (Å²) in [5, 5.41) is 11.4. The molecule has 1 aliphatic carbocycles. The molecule has 2 aliphatic rings. The fourth-order valence-electron chi connectivity index (χ4n) is 4.46. The lowest BCUT2D eigenvalue weighted by Gasteiger charge is -2.25. The minimum Gasteiger partial charge on any atom is -0.353 e. The van der Waals surface area contributed by atoms with Crippen LogP contribution in [0.3, 0.4) is 0 Å². The summed E-state index contributed by atoms with van der Waals surface area (Å²) in [6.45, 7) is 1.57. The second-order valence-corrected chi connectivity index (χ2v) is 10.4. The van der Waals surface area contributed by atoms with Crippen LogP contribution in [0.1, 0.15) is 64.2 Å². The maximum atomic E-state index is 12.9. The summed E-state index contributed by atoms with van der Waals surface area (Å²) in [4.78, 5) is 12.6. The Kier molecular flexibility index (Phi) is 6.67. The third-order valence-electron chi connectivity index (χ3n) is 6.21. The minimum absolute atomic E-state index is 0.0369. The van der Waals surface area contributed by atoms with Gasteiger partial charge in [0.25, 0.3) is 0 Å². The number of hydrogen-bond donors (Lipinski definition) is 1. The van der Waals surface area contributed by atoms with Crippen molar-refractivity contribution in [2.75, 3.05) is 13.1 Å². The summed E-state index contributed by atoms with van der Waals surface area (Å²) >= 11 is 0. The summed E-state index contributed by atoms with van der Waals surface area (Å²) in [5.41, 5.74) is 1.28.